The number of aliphatic hydroxyl groups excluding tert-OH is 1. The van der Waals surface area contributed by atoms with Gasteiger partial charge >= 0.3 is 0 Å². The fourth-order valence-electron chi connectivity index (χ4n) is 2.33. The van der Waals surface area contributed by atoms with E-state index in [1.165, 1.54) is 0 Å². The van der Waals surface area contributed by atoms with Crippen LogP contribution in [-0.4, -0.2) is 50.2 Å². The molecule has 0 amide bonds. The Balaban J connectivity index is 2.05. The summed E-state index contributed by atoms with van der Waals surface area (Å²) < 4.78 is 10.9. The lowest BCUT2D eigenvalue weighted by Gasteiger charge is -2.52. The fraction of sp³-hybridized carbons (Fsp3) is 1.00. The van der Waals surface area contributed by atoms with Crippen molar-refractivity contribution in [3.8, 4) is 0 Å². The highest BCUT2D eigenvalue weighted by molar-refractivity contribution is 5.02. The number of hydrogen-bond acceptors (Lipinski definition) is 4. The minimum atomic E-state index is 0.110. The molecule has 1 aliphatic carbocycles. The van der Waals surface area contributed by atoms with Gasteiger partial charge in [-0.05, 0) is 26.3 Å². The van der Waals surface area contributed by atoms with Crippen LogP contribution >= 0.6 is 0 Å². The standard InChI is InChI=1S/C13H27NO3/c1-4-17-12-10-11(13(12,2)3)14-6-5-8-16-9-7-15/h11-12,14-15H,4-10H2,1-3H3. The normalized spacial score (nSPS) is 26.8. The van der Waals surface area contributed by atoms with Crippen LogP contribution in [0.1, 0.15) is 33.6 Å². The second-order valence-electron chi connectivity index (χ2n) is 5.20. The van der Waals surface area contributed by atoms with Crippen molar-refractivity contribution in [2.24, 2.45) is 5.41 Å². The van der Waals surface area contributed by atoms with E-state index in [1.54, 1.807) is 0 Å². The topological polar surface area (TPSA) is 50.7 Å². The summed E-state index contributed by atoms with van der Waals surface area (Å²) in [5.41, 5.74) is 0.238. The van der Waals surface area contributed by atoms with Gasteiger partial charge in [-0.15, -0.1) is 0 Å². The zero-order valence-electron chi connectivity index (χ0n) is 11.4. The van der Waals surface area contributed by atoms with Crippen LogP contribution in [0.15, 0.2) is 0 Å². The third kappa shape index (κ3) is 4.21. The summed E-state index contributed by atoms with van der Waals surface area (Å²) in [6, 6.07) is 0.553. The van der Waals surface area contributed by atoms with Gasteiger partial charge in [0.1, 0.15) is 0 Å². The van der Waals surface area contributed by atoms with Crippen LogP contribution in [0.25, 0.3) is 0 Å². The summed E-state index contributed by atoms with van der Waals surface area (Å²) in [4.78, 5) is 0. The molecule has 102 valence electrons. The molecule has 0 bridgehead atoms. The monoisotopic (exact) mass is 245 g/mol. The molecule has 17 heavy (non-hydrogen) atoms. The summed E-state index contributed by atoms with van der Waals surface area (Å²) in [6.45, 7) is 9.62. The molecule has 1 fully saturated rings. The summed E-state index contributed by atoms with van der Waals surface area (Å²) >= 11 is 0. The molecular formula is C13H27NO3. The summed E-state index contributed by atoms with van der Waals surface area (Å²) in [5, 5.41) is 12.1. The second-order valence-corrected chi connectivity index (χ2v) is 5.20. The maximum Gasteiger partial charge on any atom is 0.0697 e. The second kappa shape index (κ2) is 7.31. The van der Waals surface area contributed by atoms with Gasteiger partial charge in [-0.25, -0.2) is 0 Å². The van der Waals surface area contributed by atoms with E-state index in [4.69, 9.17) is 14.6 Å². The van der Waals surface area contributed by atoms with E-state index < -0.39 is 0 Å². The first-order valence-electron chi connectivity index (χ1n) is 6.66. The quantitative estimate of drug-likeness (QED) is 0.599. The Labute approximate surface area is 105 Å². The molecule has 1 rings (SSSR count). The van der Waals surface area contributed by atoms with Crippen LogP contribution in [-0.2, 0) is 9.47 Å². The number of aliphatic hydroxyl groups is 1. The Kier molecular flexibility index (Phi) is 6.41. The average Bonchev–Trinajstić information content (AvgIpc) is 2.31. The van der Waals surface area contributed by atoms with Crippen molar-refractivity contribution < 1.29 is 14.6 Å². The first-order chi connectivity index (χ1) is 8.12. The molecule has 4 heteroatoms. The molecule has 2 atom stereocenters. The van der Waals surface area contributed by atoms with Crippen molar-refractivity contribution in [2.45, 2.75) is 45.8 Å². The lowest BCUT2D eigenvalue weighted by atomic mass is 9.64. The molecule has 0 spiro atoms. The molecule has 0 radical (unpaired) electrons. The van der Waals surface area contributed by atoms with E-state index >= 15 is 0 Å². The lowest BCUT2D eigenvalue weighted by molar-refractivity contribution is -0.114. The maximum absolute atomic E-state index is 8.55. The Morgan fingerprint density at radius 2 is 2.12 bits per heavy atom. The van der Waals surface area contributed by atoms with Crippen LogP contribution in [0.4, 0.5) is 0 Å². The van der Waals surface area contributed by atoms with Crippen molar-refractivity contribution in [1.82, 2.24) is 5.32 Å². The van der Waals surface area contributed by atoms with Crippen LogP contribution in [0.2, 0.25) is 0 Å². The molecular weight excluding hydrogens is 218 g/mol. The molecule has 2 unspecified atom stereocenters. The van der Waals surface area contributed by atoms with E-state index in [2.05, 4.69) is 26.1 Å². The minimum Gasteiger partial charge on any atom is -0.394 e. The Bertz CT molecular complexity index is 209. The van der Waals surface area contributed by atoms with E-state index in [1.807, 2.05) is 0 Å². The Hall–Kier alpha value is -0.160. The summed E-state index contributed by atoms with van der Waals surface area (Å²) in [6.07, 6.45) is 2.50. The fourth-order valence-corrected chi connectivity index (χ4v) is 2.33. The number of hydrogen-bond donors (Lipinski definition) is 2. The van der Waals surface area contributed by atoms with Gasteiger partial charge in [-0.2, -0.15) is 0 Å². The third-order valence-electron chi connectivity index (χ3n) is 3.64. The van der Waals surface area contributed by atoms with Gasteiger partial charge in [-0.1, -0.05) is 13.8 Å². The zero-order valence-corrected chi connectivity index (χ0v) is 11.4. The van der Waals surface area contributed by atoms with Crippen molar-refractivity contribution >= 4 is 0 Å². The van der Waals surface area contributed by atoms with Gasteiger partial charge < -0.3 is 19.9 Å². The van der Waals surface area contributed by atoms with Gasteiger partial charge in [0.2, 0.25) is 0 Å². The van der Waals surface area contributed by atoms with E-state index in [9.17, 15) is 0 Å². The minimum absolute atomic E-state index is 0.110. The highest BCUT2D eigenvalue weighted by Crippen LogP contribution is 2.42. The van der Waals surface area contributed by atoms with Crippen LogP contribution < -0.4 is 5.32 Å². The average molecular weight is 245 g/mol. The lowest BCUT2D eigenvalue weighted by Crippen LogP contribution is -2.61. The number of nitrogens with one attached hydrogen (secondary N) is 1. The molecule has 1 aliphatic rings. The largest absolute Gasteiger partial charge is 0.394 e. The Morgan fingerprint density at radius 1 is 1.35 bits per heavy atom. The highest BCUT2D eigenvalue weighted by atomic mass is 16.5. The number of ether oxygens (including phenoxy) is 2. The van der Waals surface area contributed by atoms with E-state index in [0.717, 1.165) is 32.6 Å². The first kappa shape index (κ1) is 14.9. The van der Waals surface area contributed by atoms with Crippen molar-refractivity contribution in [1.29, 1.82) is 0 Å². The van der Waals surface area contributed by atoms with Gasteiger partial charge in [0, 0.05) is 24.7 Å². The Morgan fingerprint density at radius 3 is 2.71 bits per heavy atom. The molecule has 0 heterocycles. The molecule has 2 N–H and O–H groups in total. The molecule has 0 aromatic rings. The molecule has 0 aliphatic heterocycles. The maximum atomic E-state index is 8.55. The van der Waals surface area contributed by atoms with Gasteiger partial charge in [0.25, 0.3) is 0 Å². The molecule has 0 aromatic carbocycles. The zero-order chi connectivity index (χ0) is 12.7. The summed E-state index contributed by atoms with van der Waals surface area (Å²) in [7, 11) is 0. The smallest absolute Gasteiger partial charge is 0.0697 e. The third-order valence-corrected chi connectivity index (χ3v) is 3.64. The van der Waals surface area contributed by atoms with E-state index in [-0.39, 0.29) is 12.0 Å². The molecule has 1 saturated carbocycles. The van der Waals surface area contributed by atoms with Crippen molar-refractivity contribution in [3.63, 3.8) is 0 Å². The van der Waals surface area contributed by atoms with Crippen LogP contribution in [0, 0.1) is 5.41 Å². The van der Waals surface area contributed by atoms with E-state index in [0.29, 0.717) is 18.8 Å². The summed E-state index contributed by atoms with van der Waals surface area (Å²) in [5.74, 6) is 0. The van der Waals surface area contributed by atoms with Crippen LogP contribution in [0.5, 0.6) is 0 Å². The van der Waals surface area contributed by atoms with Crippen molar-refractivity contribution in [3.05, 3.63) is 0 Å². The van der Waals surface area contributed by atoms with Gasteiger partial charge in [0.15, 0.2) is 0 Å². The van der Waals surface area contributed by atoms with Gasteiger partial charge in [0.05, 0.1) is 19.3 Å². The predicted molar refractivity (Wildman–Crippen MR) is 68.1 cm³/mol. The molecule has 0 saturated heterocycles. The first-order valence-corrected chi connectivity index (χ1v) is 6.66. The molecule has 4 nitrogen and oxygen atoms in total. The highest BCUT2D eigenvalue weighted by Gasteiger charge is 2.48. The SMILES string of the molecule is CCOC1CC(NCCCOCCO)C1(C)C. The van der Waals surface area contributed by atoms with Crippen molar-refractivity contribution in [2.75, 3.05) is 33.0 Å². The van der Waals surface area contributed by atoms with Gasteiger partial charge in [-0.3, -0.25) is 0 Å². The van der Waals surface area contributed by atoms with Crippen LogP contribution in [0.3, 0.4) is 0 Å². The predicted octanol–water partition coefficient (Wildman–Crippen LogP) is 1.18. The number of rotatable bonds is 9. The molecule has 0 aromatic heterocycles.